The van der Waals surface area contributed by atoms with Crippen LogP contribution < -0.4 is 4.74 Å². The van der Waals surface area contributed by atoms with Crippen molar-refractivity contribution in [2.45, 2.75) is 6.61 Å². The van der Waals surface area contributed by atoms with Crippen LogP contribution in [0.3, 0.4) is 0 Å². The van der Waals surface area contributed by atoms with E-state index in [-0.39, 0.29) is 0 Å². The lowest BCUT2D eigenvalue weighted by Crippen LogP contribution is -2.06. The van der Waals surface area contributed by atoms with Crippen LogP contribution in [0.15, 0.2) is 48.5 Å². The highest BCUT2D eigenvalue weighted by molar-refractivity contribution is 6.31. The summed E-state index contributed by atoms with van der Waals surface area (Å²) in [6.07, 6.45) is 0. The van der Waals surface area contributed by atoms with Crippen LogP contribution in [0.2, 0.25) is 5.02 Å². The van der Waals surface area contributed by atoms with Gasteiger partial charge in [-0.05, 0) is 29.8 Å². The smallest absolute Gasteiger partial charge is 0.120 e. The lowest BCUT2D eigenvalue weighted by atomic mass is 10.2. The molecular formula is C16H14ClNO2. The molecule has 3 nitrogen and oxygen atoms in total. The van der Waals surface area contributed by atoms with Crippen LogP contribution in [-0.4, -0.2) is 13.2 Å². The molecule has 0 aliphatic rings. The van der Waals surface area contributed by atoms with Crippen LogP contribution in [0.4, 0.5) is 0 Å². The van der Waals surface area contributed by atoms with Gasteiger partial charge in [0.25, 0.3) is 0 Å². The number of ether oxygens (including phenoxy) is 2. The van der Waals surface area contributed by atoms with Crippen LogP contribution in [0, 0.1) is 11.3 Å². The maximum absolute atomic E-state index is 8.78. The van der Waals surface area contributed by atoms with Crippen LogP contribution in [0.5, 0.6) is 5.75 Å². The van der Waals surface area contributed by atoms with E-state index in [1.807, 2.05) is 30.3 Å². The SMILES string of the molecule is N#Cc1cccc(OCCOCc2ccccc2Cl)c1. The summed E-state index contributed by atoms with van der Waals surface area (Å²) in [6.45, 7) is 1.35. The summed E-state index contributed by atoms with van der Waals surface area (Å²) in [5.41, 5.74) is 1.54. The molecule has 0 aliphatic carbocycles. The van der Waals surface area contributed by atoms with Crippen molar-refractivity contribution in [3.05, 3.63) is 64.7 Å². The van der Waals surface area contributed by atoms with E-state index < -0.39 is 0 Å². The van der Waals surface area contributed by atoms with Gasteiger partial charge in [-0.2, -0.15) is 5.26 Å². The molecule has 0 unspecified atom stereocenters. The summed E-state index contributed by atoms with van der Waals surface area (Å²) < 4.78 is 11.0. The number of nitrogens with zero attached hydrogens (tertiary/aromatic N) is 1. The molecule has 0 amide bonds. The molecule has 0 N–H and O–H groups in total. The summed E-state index contributed by atoms with van der Waals surface area (Å²) in [6, 6.07) is 16.7. The minimum Gasteiger partial charge on any atom is -0.491 e. The quantitative estimate of drug-likeness (QED) is 0.759. The molecule has 2 rings (SSSR count). The third-order valence-electron chi connectivity index (χ3n) is 2.67. The van der Waals surface area contributed by atoms with Crippen molar-refractivity contribution in [3.8, 4) is 11.8 Å². The zero-order valence-corrected chi connectivity index (χ0v) is 11.6. The zero-order chi connectivity index (χ0) is 14.2. The fourth-order valence-corrected chi connectivity index (χ4v) is 1.86. The molecule has 0 fully saturated rings. The number of hydrogen-bond donors (Lipinski definition) is 0. The molecule has 0 heterocycles. The Hall–Kier alpha value is -2.02. The van der Waals surface area contributed by atoms with Gasteiger partial charge in [-0.3, -0.25) is 0 Å². The Morgan fingerprint density at radius 1 is 1.05 bits per heavy atom. The Balaban J connectivity index is 1.72. The van der Waals surface area contributed by atoms with E-state index >= 15 is 0 Å². The number of rotatable bonds is 6. The first-order chi connectivity index (χ1) is 9.79. The van der Waals surface area contributed by atoms with Crippen molar-refractivity contribution in [3.63, 3.8) is 0 Å². The standard InChI is InChI=1S/C16H14ClNO2/c17-16-7-2-1-5-14(16)12-19-8-9-20-15-6-3-4-13(10-15)11-18/h1-7,10H,8-9,12H2. The van der Waals surface area contributed by atoms with Gasteiger partial charge in [0.1, 0.15) is 12.4 Å². The lowest BCUT2D eigenvalue weighted by Gasteiger charge is -2.08. The van der Waals surface area contributed by atoms with E-state index in [2.05, 4.69) is 6.07 Å². The minimum atomic E-state index is 0.430. The Bertz CT molecular complexity index is 607. The van der Waals surface area contributed by atoms with E-state index in [4.69, 9.17) is 26.3 Å². The van der Waals surface area contributed by atoms with Crippen molar-refractivity contribution in [2.75, 3.05) is 13.2 Å². The molecule has 0 radical (unpaired) electrons. The van der Waals surface area contributed by atoms with Gasteiger partial charge in [-0.25, -0.2) is 0 Å². The van der Waals surface area contributed by atoms with E-state index in [1.165, 1.54) is 0 Å². The fourth-order valence-electron chi connectivity index (χ4n) is 1.67. The maximum atomic E-state index is 8.78. The van der Waals surface area contributed by atoms with Gasteiger partial charge in [0.2, 0.25) is 0 Å². The molecule has 0 aromatic heterocycles. The van der Waals surface area contributed by atoms with Gasteiger partial charge in [0.15, 0.2) is 0 Å². The summed E-state index contributed by atoms with van der Waals surface area (Å²) in [4.78, 5) is 0. The van der Waals surface area contributed by atoms with Crippen molar-refractivity contribution in [1.82, 2.24) is 0 Å². The van der Waals surface area contributed by atoms with Crippen molar-refractivity contribution >= 4 is 11.6 Å². The Kier molecular flexibility index (Phi) is 5.43. The maximum Gasteiger partial charge on any atom is 0.120 e. The fraction of sp³-hybridized carbons (Fsp3) is 0.188. The first-order valence-corrected chi connectivity index (χ1v) is 6.61. The first kappa shape index (κ1) is 14.4. The second kappa shape index (κ2) is 7.54. The number of hydrogen-bond acceptors (Lipinski definition) is 3. The van der Waals surface area contributed by atoms with Gasteiger partial charge in [-0.15, -0.1) is 0 Å². The predicted molar refractivity (Wildman–Crippen MR) is 77.8 cm³/mol. The Morgan fingerprint density at radius 3 is 2.70 bits per heavy atom. The third kappa shape index (κ3) is 4.27. The predicted octanol–water partition coefficient (Wildman–Crippen LogP) is 3.81. The molecule has 0 aliphatic heterocycles. The average molecular weight is 288 g/mol. The monoisotopic (exact) mass is 287 g/mol. The van der Waals surface area contributed by atoms with Gasteiger partial charge >= 0.3 is 0 Å². The van der Waals surface area contributed by atoms with Crippen molar-refractivity contribution in [2.24, 2.45) is 0 Å². The molecule has 2 aromatic rings. The van der Waals surface area contributed by atoms with Crippen LogP contribution >= 0.6 is 11.6 Å². The number of nitriles is 1. The highest BCUT2D eigenvalue weighted by atomic mass is 35.5. The van der Waals surface area contributed by atoms with Crippen molar-refractivity contribution < 1.29 is 9.47 Å². The highest BCUT2D eigenvalue weighted by Gasteiger charge is 1.99. The summed E-state index contributed by atoms with van der Waals surface area (Å²) in [7, 11) is 0. The number of halogens is 1. The second-order valence-electron chi connectivity index (χ2n) is 4.13. The van der Waals surface area contributed by atoms with Gasteiger partial charge in [-0.1, -0.05) is 35.9 Å². The van der Waals surface area contributed by atoms with Crippen LogP contribution in [0.1, 0.15) is 11.1 Å². The molecule has 102 valence electrons. The Morgan fingerprint density at radius 2 is 1.90 bits per heavy atom. The van der Waals surface area contributed by atoms with E-state index in [1.54, 1.807) is 18.2 Å². The molecule has 0 atom stereocenters. The van der Waals surface area contributed by atoms with Crippen LogP contribution in [0.25, 0.3) is 0 Å². The Labute approximate surface area is 123 Å². The van der Waals surface area contributed by atoms with Crippen molar-refractivity contribution in [1.29, 1.82) is 5.26 Å². The topological polar surface area (TPSA) is 42.2 Å². The molecule has 0 saturated carbocycles. The molecular weight excluding hydrogens is 274 g/mol. The normalized spacial score (nSPS) is 10.0. The molecule has 0 saturated heterocycles. The molecule has 0 bridgehead atoms. The van der Waals surface area contributed by atoms with Gasteiger partial charge in [0.05, 0.1) is 24.8 Å². The number of benzene rings is 2. The third-order valence-corrected chi connectivity index (χ3v) is 3.04. The second-order valence-corrected chi connectivity index (χ2v) is 4.54. The van der Waals surface area contributed by atoms with Gasteiger partial charge in [0, 0.05) is 5.02 Å². The molecule has 20 heavy (non-hydrogen) atoms. The molecule has 4 heteroatoms. The van der Waals surface area contributed by atoms with E-state index in [0.717, 1.165) is 5.56 Å². The zero-order valence-electron chi connectivity index (χ0n) is 10.9. The van der Waals surface area contributed by atoms with Crippen LogP contribution in [-0.2, 0) is 11.3 Å². The van der Waals surface area contributed by atoms with Gasteiger partial charge < -0.3 is 9.47 Å². The molecule has 2 aromatic carbocycles. The summed E-state index contributed by atoms with van der Waals surface area (Å²) >= 11 is 6.02. The molecule has 0 spiro atoms. The average Bonchev–Trinajstić information content (AvgIpc) is 2.49. The largest absolute Gasteiger partial charge is 0.491 e. The summed E-state index contributed by atoms with van der Waals surface area (Å²) in [5, 5.41) is 9.48. The lowest BCUT2D eigenvalue weighted by molar-refractivity contribution is 0.0889. The van der Waals surface area contributed by atoms with E-state index in [0.29, 0.717) is 36.2 Å². The minimum absolute atomic E-state index is 0.430. The first-order valence-electron chi connectivity index (χ1n) is 6.24. The van der Waals surface area contributed by atoms with E-state index in [9.17, 15) is 0 Å². The summed E-state index contributed by atoms with van der Waals surface area (Å²) in [5.74, 6) is 0.672. The highest BCUT2D eigenvalue weighted by Crippen LogP contribution is 2.16.